The summed E-state index contributed by atoms with van der Waals surface area (Å²) in [6, 6.07) is 8.45. The van der Waals surface area contributed by atoms with E-state index in [-0.39, 0.29) is 38.1 Å². The number of para-hydroxylation sites is 1. The summed E-state index contributed by atoms with van der Waals surface area (Å²) >= 11 is 0. The number of hydrogen-bond donors (Lipinski definition) is 1. The van der Waals surface area contributed by atoms with E-state index in [0.717, 1.165) is 16.8 Å². The molecular weight excluding hydrogens is 251 g/mol. The van der Waals surface area contributed by atoms with Crippen LogP contribution in [0, 0.1) is 19.9 Å². The molecule has 0 aliphatic heterocycles. The Labute approximate surface area is 108 Å². The number of H-pyrrole nitrogens is 1. The molecule has 69 valence electrons. The number of nitrogens with one attached hydrogen (secondary N) is 1. The van der Waals surface area contributed by atoms with Crippen LogP contribution in [0.3, 0.4) is 0 Å². The summed E-state index contributed by atoms with van der Waals surface area (Å²) < 4.78 is 0. The normalized spacial score (nSPS) is 9.86. The van der Waals surface area contributed by atoms with Crippen LogP contribution in [0.4, 0.5) is 0 Å². The zero-order chi connectivity index (χ0) is 9.42. The summed E-state index contributed by atoms with van der Waals surface area (Å²) in [5, 5.41) is 0.714. The van der Waals surface area contributed by atoms with Crippen molar-refractivity contribution >= 4 is 10.9 Å². The fraction of sp³-hybridized carbons (Fsp3) is 0.182. The third kappa shape index (κ3) is 1.82. The van der Waals surface area contributed by atoms with Crippen LogP contribution in [-0.4, -0.2) is 4.98 Å². The van der Waals surface area contributed by atoms with Gasteiger partial charge in [-0.2, -0.15) is 24.3 Å². The van der Waals surface area contributed by atoms with Crippen molar-refractivity contribution in [1.29, 1.82) is 0 Å². The Morgan fingerprint density at radius 2 is 2.07 bits per heavy atom. The van der Waals surface area contributed by atoms with Crippen LogP contribution in [0.25, 0.3) is 10.9 Å². The number of pyridine rings is 1. The van der Waals surface area contributed by atoms with Crippen molar-refractivity contribution in [1.82, 2.24) is 4.98 Å². The van der Waals surface area contributed by atoms with Crippen molar-refractivity contribution in [3.8, 4) is 0 Å². The van der Waals surface area contributed by atoms with Crippen LogP contribution in [0.5, 0.6) is 0 Å². The van der Waals surface area contributed by atoms with Gasteiger partial charge in [-0.3, -0.25) is 0 Å². The molecule has 0 saturated carbocycles. The van der Waals surface area contributed by atoms with Crippen molar-refractivity contribution < 1.29 is 32.7 Å². The van der Waals surface area contributed by atoms with Crippen LogP contribution in [0.15, 0.2) is 23.0 Å². The zero-order valence-corrected chi connectivity index (χ0v) is 11.1. The average molecular weight is 261 g/mol. The van der Waals surface area contributed by atoms with Gasteiger partial charge in [-0.05, 0) is 13.8 Å². The minimum Gasteiger partial charge on any atom is -0.381 e. The maximum absolute atomic E-state index is 11.7. The van der Waals surface area contributed by atoms with E-state index in [1.54, 1.807) is 6.07 Å². The van der Waals surface area contributed by atoms with E-state index in [4.69, 9.17) is 0 Å². The number of rotatable bonds is 0. The molecule has 0 amide bonds. The predicted molar refractivity (Wildman–Crippen MR) is 52.9 cm³/mol. The number of fused-ring (bicyclic) bond motifs is 1. The molecule has 0 atom stereocenters. The molecule has 14 heavy (non-hydrogen) atoms. The van der Waals surface area contributed by atoms with Crippen LogP contribution >= 0.6 is 0 Å². The van der Waals surface area contributed by atoms with E-state index < -0.39 is 0 Å². The number of benzene rings is 1. The monoisotopic (exact) mass is 261 g/mol. The summed E-state index contributed by atoms with van der Waals surface area (Å²) in [6.07, 6.45) is 0. The third-order valence-corrected chi connectivity index (χ3v) is 2.32. The van der Waals surface area contributed by atoms with E-state index in [1.165, 1.54) is 0 Å². The SMILES string of the molecule is Cc1[nH]c2[c-]cccc2c(=O)c1C.[Y]. The molecule has 1 heterocycles. The topological polar surface area (TPSA) is 32.9 Å². The van der Waals surface area contributed by atoms with Gasteiger partial charge in [0.15, 0.2) is 0 Å². The van der Waals surface area contributed by atoms with Crippen molar-refractivity contribution in [2.24, 2.45) is 0 Å². The Hall–Kier alpha value is -0.466. The molecule has 2 aromatic rings. The molecule has 2 rings (SSSR count). The molecule has 0 aliphatic rings. The van der Waals surface area contributed by atoms with E-state index >= 15 is 0 Å². The van der Waals surface area contributed by atoms with Gasteiger partial charge >= 0.3 is 0 Å². The summed E-state index contributed by atoms with van der Waals surface area (Å²) in [5.41, 5.74) is 2.59. The molecule has 0 saturated heterocycles. The van der Waals surface area contributed by atoms with Gasteiger partial charge in [-0.15, -0.1) is 0 Å². The van der Waals surface area contributed by atoms with Gasteiger partial charge in [0.05, 0.1) is 0 Å². The van der Waals surface area contributed by atoms with E-state index in [0.29, 0.717) is 5.39 Å². The third-order valence-electron chi connectivity index (χ3n) is 2.32. The Kier molecular flexibility index (Phi) is 3.62. The molecule has 0 spiro atoms. The first-order valence-corrected chi connectivity index (χ1v) is 4.20. The van der Waals surface area contributed by atoms with Crippen LogP contribution in [0.1, 0.15) is 11.3 Å². The van der Waals surface area contributed by atoms with Crippen LogP contribution < -0.4 is 5.43 Å². The van der Waals surface area contributed by atoms with E-state index in [9.17, 15) is 4.79 Å². The van der Waals surface area contributed by atoms with Gasteiger partial charge < -0.3 is 9.78 Å². The van der Waals surface area contributed by atoms with E-state index in [1.807, 2.05) is 26.0 Å². The second kappa shape index (κ2) is 4.37. The Balaban J connectivity index is 0.000000980. The fourth-order valence-corrected chi connectivity index (χ4v) is 1.38. The van der Waals surface area contributed by atoms with Gasteiger partial charge in [-0.25, -0.2) is 0 Å². The first-order valence-electron chi connectivity index (χ1n) is 4.20. The van der Waals surface area contributed by atoms with Crippen molar-refractivity contribution in [2.75, 3.05) is 0 Å². The van der Waals surface area contributed by atoms with Gasteiger partial charge in [0.1, 0.15) is 5.43 Å². The van der Waals surface area contributed by atoms with Crippen molar-refractivity contribution in [3.63, 3.8) is 0 Å². The molecular formula is C11H10NOY-. The predicted octanol–water partition coefficient (Wildman–Crippen LogP) is 1.94. The number of aromatic amines is 1. The number of aryl methyl sites for hydroxylation is 1. The standard InChI is InChI=1S/C11H10NO.Y/c1-7-8(2)12-10-6-4-3-5-9(10)11(7)13;/h3-5H,1-2H3,(H,12,13);/q-1;. The molecule has 0 unspecified atom stereocenters. The minimum absolute atomic E-state index is 0. The van der Waals surface area contributed by atoms with Crippen molar-refractivity contribution in [3.05, 3.63) is 45.7 Å². The Morgan fingerprint density at radius 1 is 1.36 bits per heavy atom. The quantitative estimate of drug-likeness (QED) is 0.722. The maximum Gasteiger partial charge on any atom is 0.138 e. The summed E-state index contributed by atoms with van der Waals surface area (Å²) in [6.45, 7) is 3.73. The molecule has 1 N–H and O–H groups in total. The molecule has 2 nitrogen and oxygen atoms in total. The minimum atomic E-state index is 0. The van der Waals surface area contributed by atoms with Gasteiger partial charge in [0.2, 0.25) is 0 Å². The summed E-state index contributed by atoms with van der Waals surface area (Å²) in [5.74, 6) is 0. The average Bonchev–Trinajstić information content (AvgIpc) is 2.15. The zero-order valence-electron chi connectivity index (χ0n) is 8.22. The smallest absolute Gasteiger partial charge is 0.138 e. The molecule has 1 aromatic carbocycles. The van der Waals surface area contributed by atoms with Gasteiger partial charge in [0, 0.05) is 44.0 Å². The maximum atomic E-state index is 11.7. The summed E-state index contributed by atoms with van der Waals surface area (Å²) in [7, 11) is 0. The Bertz CT molecular complexity index is 516. The van der Waals surface area contributed by atoms with Crippen molar-refractivity contribution in [2.45, 2.75) is 13.8 Å². The molecule has 3 heteroatoms. The van der Waals surface area contributed by atoms with Crippen LogP contribution in [-0.2, 0) is 32.7 Å². The molecule has 0 aliphatic carbocycles. The first-order chi connectivity index (χ1) is 6.20. The largest absolute Gasteiger partial charge is 0.381 e. The first kappa shape index (κ1) is 11.6. The molecule has 1 aromatic heterocycles. The fourth-order valence-electron chi connectivity index (χ4n) is 1.38. The number of hydrogen-bond acceptors (Lipinski definition) is 1. The number of aromatic nitrogens is 1. The Morgan fingerprint density at radius 3 is 2.79 bits per heavy atom. The van der Waals surface area contributed by atoms with Gasteiger partial charge in [0.25, 0.3) is 0 Å². The second-order valence-electron chi connectivity index (χ2n) is 3.16. The molecule has 0 fully saturated rings. The second-order valence-corrected chi connectivity index (χ2v) is 3.16. The summed E-state index contributed by atoms with van der Waals surface area (Å²) in [4.78, 5) is 14.9. The molecule has 0 bridgehead atoms. The van der Waals surface area contributed by atoms with E-state index in [2.05, 4.69) is 11.1 Å². The van der Waals surface area contributed by atoms with Gasteiger partial charge in [-0.1, -0.05) is 10.9 Å². The van der Waals surface area contributed by atoms with Crippen LogP contribution in [0.2, 0.25) is 0 Å². The molecule has 1 radical (unpaired) electrons.